The highest BCUT2D eigenvalue weighted by Crippen LogP contribution is 2.47. The summed E-state index contributed by atoms with van der Waals surface area (Å²) in [5.41, 5.74) is 3.22. The first-order valence-electron chi connectivity index (χ1n) is 16.4. The number of hydrogen-bond acceptors (Lipinski definition) is 9. The maximum absolute atomic E-state index is 11.0. The van der Waals surface area contributed by atoms with Gasteiger partial charge in [-0.1, -0.05) is 56.0 Å². The predicted molar refractivity (Wildman–Crippen MR) is 185 cm³/mol. The molecule has 9 heteroatoms. The molecular formula is C39H48O9. The topological polar surface area (TPSA) is 149 Å². The number of hydrogen-bond donors (Lipinski definition) is 6. The first kappa shape index (κ1) is 35.9. The van der Waals surface area contributed by atoms with Gasteiger partial charge in [0.05, 0.1) is 6.42 Å². The third-order valence-corrected chi connectivity index (χ3v) is 8.78. The Hall–Kier alpha value is -4.92. The smallest absolute Gasteiger partial charge is 0.417 e. The molecule has 0 bridgehead atoms. The summed E-state index contributed by atoms with van der Waals surface area (Å²) in [5.74, 6) is -3.79. The maximum Gasteiger partial charge on any atom is 0.417 e. The minimum atomic E-state index is -2.18. The second-order valence-electron chi connectivity index (χ2n) is 12.6. The number of ether oxygens (including phenoxy) is 3. The van der Waals surface area contributed by atoms with Gasteiger partial charge in [0.1, 0.15) is 17.2 Å². The van der Waals surface area contributed by atoms with Crippen molar-refractivity contribution in [3.63, 3.8) is 0 Å². The van der Waals surface area contributed by atoms with Crippen molar-refractivity contribution in [1.82, 2.24) is 0 Å². The van der Waals surface area contributed by atoms with Gasteiger partial charge < -0.3 is 44.8 Å². The molecule has 0 spiro atoms. The van der Waals surface area contributed by atoms with Crippen LogP contribution in [-0.4, -0.2) is 36.6 Å². The fourth-order valence-electron chi connectivity index (χ4n) is 5.89. The maximum atomic E-state index is 11.0. The number of rotatable bonds is 15. The van der Waals surface area contributed by atoms with Crippen molar-refractivity contribution in [3.05, 3.63) is 87.5 Å². The Morgan fingerprint density at radius 2 is 0.833 bits per heavy atom. The quantitative estimate of drug-likeness (QED) is 0.0417. The van der Waals surface area contributed by atoms with E-state index < -0.39 is 5.97 Å². The summed E-state index contributed by atoms with van der Waals surface area (Å²) in [6.07, 6.45) is 6.33. The zero-order valence-corrected chi connectivity index (χ0v) is 28.7. The Kier molecular flexibility index (Phi) is 11.5. The first-order chi connectivity index (χ1) is 22.7. The predicted octanol–water partition coefficient (Wildman–Crippen LogP) is 8.93. The van der Waals surface area contributed by atoms with Gasteiger partial charge in [0.15, 0.2) is 34.5 Å². The lowest BCUT2D eigenvalue weighted by molar-refractivity contribution is -0.259. The van der Waals surface area contributed by atoms with Crippen LogP contribution in [0.4, 0.5) is 0 Å². The van der Waals surface area contributed by atoms with E-state index in [0.717, 1.165) is 38.5 Å². The van der Waals surface area contributed by atoms with Gasteiger partial charge >= 0.3 is 5.97 Å². The van der Waals surface area contributed by atoms with Crippen LogP contribution in [0.2, 0.25) is 0 Å². The largest absolute Gasteiger partial charge is 0.507 e. The molecule has 0 atom stereocenters. The molecule has 6 N–H and O–H groups in total. The molecule has 0 aliphatic rings. The van der Waals surface area contributed by atoms with Crippen LogP contribution in [0.5, 0.6) is 51.7 Å². The Bertz CT molecular complexity index is 1570. The summed E-state index contributed by atoms with van der Waals surface area (Å²) >= 11 is 0. The van der Waals surface area contributed by atoms with Crippen LogP contribution in [-0.2, 0) is 6.42 Å². The van der Waals surface area contributed by atoms with Crippen molar-refractivity contribution in [1.29, 1.82) is 0 Å². The van der Waals surface area contributed by atoms with Crippen molar-refractivity contribution < 1.29 is 44.8 Å². The van der Waals surface area contributed by atoms with Crippen LogP contribution in [0.3, 0.4) is 0 Å². The number of benzene rings is 4. The summed E-state index contributed by atoms with van der Waals surface area (Å²) < 4.78 is 19.3. The van der Waals surface area contributed by atoms with E-state index in [-0.39, 0.29) is 74.9 Å². The van der Waals surface area contributed by atoms with Crippen LogP contribution < -0.4 is 14.2 Å². The molecule has 0 aliphatic carbocycles. The molecule has 0 fully saturated rings. The summed E-state index contributed by atoms with van der Waals surface area (Å²) in [4.78, 5) is 0. The van der Waals surface area contributed by atoms with E-state index >= 15 is 0 Å². The van der Waals surface area contributed by atoms with Gasteiger partial charge in [-0.15, -0.1) is 0 Å². The number of phenols is 6. The molecule has 0 saturated heterocycles. The van der Waals surface area contributed by atoms with Crippen molar-refractivity contribution in [3.8, 4) is 51.7 Å². The summed E-state index contributed by atoms with van der Waals surface area (Å²) in [6, 6.07) is 14.4. The second kappa shape index (κ2) is 15.3. The molecule has 0 radical (unpaired) electrons. The molecular weight excluding hydrogens is 612 g/mol. The highest BCUT2D eigenvalue weighted by Gasteiger charge is 2.43. The van der Waals surface area contributed by atoms with Crippen LogP contribution in [0.1, 0.15) is 83.9 Å². The molecule has 4 aromatic carbocycles. The van der Waals surface area contributed by atoms with Crippen LogP contribution in [0.15, 0.2) is 48.5 Å². The average molecular weight is 661 g/mol. The number of aromatic hydroxyl groups is 6. The number of aryl methyl sites for hydroxylation is 4. The van der Waals surface area contributed by atoms with E-state index in [1.807, 2.05) is 18.2 Å². The Morgan fingerprint density at radius 1 is 0.479 bits per heavy atom. The molecule has 0 unspecified atom stereocenters. The van der Waals surface area contributed by atoms with E-state index in [1.165, 1.54) is 23.8 Å². The lowest BCUT2D eigenvalue weighted by Gasteiger charge is -2.36. The van der Waals surface area contributed by atoms with E-state index in [9.17, 15) is 30.6 Å². The molecule has 9 nitrogen and oxygen atoms in total. The lowest BCUT2D eigenvalue weighted by Crippen LogP contribution is -2.49. The van der Waals surface area contributed by atoms with Crippen LogP contribution in [0, 0.1) is 41.5 Å². The molecule has 48 heavy (non-hydrogen) atoms. The molecule has 0 aliphatic heterocycles. The molecule has 0 saturated carbocycles. The fraction of sp³-hybridized carbons (Fsp3) is 0.385. The summed E-state index contributed by atoms with van der Waals surface area (Å²) in [6.45, 7) is 9.62. The van der Waals surface area contributed by atoms with Crippen LogP contribution >= 0.6 is 0 Å². The first-order valence-corrected chi connectivity index (χ1v) is 16.4. The minimum absolute atomic E-state index is 0.0194. The van der Waals surface area contributed by atoms with E-state index in [4.69, 9.17) is 14.2 Å². The highest BCUT2D eigenvalue weighted by atomic mass is 16.9. The van der Waals surface area contributed by atoms with Gasteiger partial charge in [0, 0.05) is 16.7 Å². The second-order valence-corrected chi connectivity index (χ2v) is 12.6. The highest BCUT2D eigenvalue weighted by molar-refractivity contribution is 5.59. The third-order valence-electron chi connectivity index (χ3n) is 8.78. The van der Waals surface area contributed by atoms with E-state index in [1.54, 1.807) is 41.5 Å². The van der Waals surface area contributed by atoms with Crippen LogP contribution in [0.25, 0.3) is 0 Å². The van der Waals surface area contributed by atoms with Crippen molar-refractivity contribution in [2.45, 2.75) is 98.9 Å². The lowest BCUT2D eigenvalue weighted by atomic mass is 10.0. The van der Waals surface area contributed by atoms with Gasteiger partial charge in [-0.3, -0.25) is 0 Å². The molecule has 0 heterocycles. The monoisotopic (exact) mass is 660 g/mol. The standard InChI is InChI=1S/C39H48O9/c1-23-20-30(40)36(26(4)33(23)43)46-39(47-37-27(5)34(44)24(2)21-31(37)41,48-38-28(6)35(45)25(3)22-32(38)42)19-15-10-8-7-9-12-16-29-17-13-11-14-18-29/h11,13-14,17-18,20-22,40-45H,7-10,12,15-16,19H2,1-6H3. The molecule has 4 aromatic rings. The van der Waals surface area contributed by atoms with Crippen molar-refractivity contribution >= 4 is 0 Å². The number of phenolic OH excluding ortho intramolecular Hbond substituents is 6. The zero-order chi connectivity index (χ0) is 35.2. The van der Waals surface area contributed by atoms with E-state index in [2.05, 4.69) is 12.1 Å². The molecule has 4 rings (SSSR count). The summed E-state index contributed by atoms with van der Waals surface area (Å²) in [7, 11) is 0. The number of unbranched alkanes of at least 4 members (excludes halogenated alkanes) is 5. The Morgan fingerprint density at radius 3 is 1.23 bits per heavy atom. The molecule has 0 aromatic heterocycles. The SMILES string of the molecule is Cc1cc(O)c(OC(CCCCCCCCc2ccccc2)(Oc2c(O)cc(C)c(O)c2C)Oc2c(O)cc(C)c(O)c2C)c(C)c1O. The van der Waals surface area contributed by atoms with Gasteiger partial charge in [0.2, 0.25) is 0 Å². The minimum Gasteiger partial charge on any atom is -0.507 e. The normalized spacial score (nSPS) is 11.5. The third kappa shape index (κ3) is 8.13. The Labute approximate surface area is 282 Å². The summed E-state index contributed by atoms with van der Waals surface area (Å²) in [5, 5.41) is 65.4. The Balaban J connectivity index is 1.71. The van der Waals surface area contributed by atoms with Crippen molar-refractivity contribution in [2.24, 2.45) is 0 Å². The zero-order valence-electron chi connectivity index (χ0n) is 28.7. The van der Waals surface area contributed by atoms with Gasteiger partial charge in [-0.25, -0.2) is 0 Å². The average Bonchev–Trinajstić information content (AvgIpc) is 3.05. The van der Waals surface area contributed by atoms with E-state index in [0.29, 0.717) is 23.1 Å². The van der Waals surface area contributed by atoms with Gasteiger partial charge in [-0.2, -0.15) is 0 Å². The van der Waals surface area contributed by atoms with Crippen molar-refractivity contribution in [2.75, 3.05) is 0 Å². The molecule has 0 amide bonds. The van der Waals surface area contributed by atoms with Gasteiger partial charge in [-0.05, 0) is 101 Å². The fourth-order valence-corrected chi connectivity index (χ4v) is 5.89. The van der Waals surface area contributed by atoms with Gasteiger partial charge in [0.25, 0.3) is 0 Å². The molecule has 258 valence electrons.